The van der Waals surface area contributed by atoms with Gasteiger partial charge in [0.25, 0.3) is 0 Å². The van der Waals surface area contributed by atoms with Crippen molar-refractivity contribution in [3.63, 3.8) is 0 Å². The maximum absolute atomic E-state index is 12.5. The Balaban J connectivity index is 0.00000225. The minimum absolute atomic E-state index is 0. The zero-order valence-corrected chi connectivity index (χ0v) is 13.9. The Labute approximate surface area is 147 Å². The molecular formula is C15H16ClF3N4O2. The monoisotopic (exact) mass is 376 g/mol. The van der Waals surface area contributed by atoms with Crippen LogP contribution in [0.25, 0.3) is 11.4 Å². The molecule has 0 bridgehead atoms. The zero-order valence-electron chi connectivity index (χ0n) is 13.1. The van der Waals surface area contributed by atoms with Gasteiger partial charge in [0.05, 0.1) is 0 Å². The summed E-state index contributed by atoms with van der Waals surface area (Å²) < 4.78 is 41.5. The van der Waals surface area contributed by atoms with Crippen LogP contribution in [0, 0.1) is 11.8 Å². The van der Waals surface area contributed by atoms with Crippen LogP contribution in [0.4, 0.5) is 18.9 Å². The van der Waals surface area contributed by atoms with Crippen LogP contribution in [-0.2, 0) is 11.0 Å². The van der Waals surface area contributed by atoms with Crippen molar-refractivity contribution >= 4 is 24.0 Å². The van der Waals surface area contributed by atoms with Gasteiger partial charge in [0.2, 0.25) is 11.7 Å². The Bertz CT molecular complexity index is 729. The molecule has 0 spiro atoms. The molecular weight excluding hydrogens is 361 g/mol. The number of aromatic nitrogens is 2. The maximum Gasteiger partial charge on any atom is 0.471 e. The van der Waals surface area contributed by atoms with Crippen LogP contribution in [0.5, 0.6) is 0 Å². The fourth-order valence-electron chi connectivity index (χ4n) is 2.29. The molecule has 2 heterocycles. The number of rotatable bonds is 4. The predicted molar refractivity (Wildman–Crippen MR) is 86.1 cm³/mol. The third-order valence-corrected chi connectivity index (χ3v) is 4.01. The van der Waals surface area contributed by atoms with E-state index in [9.17, 15) is 18.0 Å². The Morgan fingerprint density at radius 3 is 2.44 bits per heavy atom. The fourth-order valence-corrected chi connectivity index (χ4v) is 2.29. The second-order valence-electron chi connectivity index (χ2n) is 5.69. The molecule has 10 heteroatoms. The van der Waals surface area contributed by atoms with Crippen molar-refractivity contribution in [3.8, 4) is 11.4 Å². The maximum atomic E-state index is 12.5. The van der Waals surface area contributed by atoms with E-state index in [2.05, 4.69) is 25.3 Å². The van der Waals surface area contributed by atoms with E-state index in [1.54, 1.807) is 12.1 Å². The van der Waals surface area contributed by atoms with Gasteiger partial charge in [-0.1, -0.05) is 12.1 Å². The third kappa shape index (κ3) is 4.29. The SMILES string of the molecule is CC(C(=O)Nc1ccc(-c2noc(C(F)(F)F)n2)cc1)C1CNC1.Cl. The quantitative estimate of drug-likeness (QED) is 0.857. The molecule has 1 fully saturated rings. The van der Waals surface area contributed by atoms with E-state index in [0.717, 1.165) is 13.1 Å². The van der Waals surface area contributed by atoms with Gasteiger partial charge >= 0.3 is 12.1 Å². The van der Waals surface area contributed by atoms with Crippen molar-refractivity contribution in [2.45, 2.75) is 13.1 Å². The molecule has 0 saturated carbocycles. The fraction of sp³-hybridized carbons (Fsp3) is 0.400. The van der Waals surface area contributed by atoms with Gasteiger partial charge in [0.15, 0.2) is 0 Å². The van der Waals surface area contributed by atoms with Crippen LogP contribution in [0.3, 0.4) is 0 Å². The van der Waals surface area contributed by atoms with Crippen molar-refractivity contribution in [2.75, 3.05) is 18.4 Å². The van der Waals surface area contributed by atoms with Crippen molar-refractivity contribution in [1.29, 1.82) is 0 Å². The topological polar surface area (TPSA) is 80.1 Å². The van der Waals surface area contributed by atoms with Crippen molar-refractivity contribution in [1.82, 2.24) is 15.5 Å². The number of amides is 1. The summed E-state index contributed by atoms with van der Waals surface area (Å²) in [6.45, 7) is 3.52. The van der Waals surface area contributed by atoms with Crippen LogP contribution in [0.15, 0.2) is 28.8 Å². The highest BCUT2D eigenvalue weighted by molar-refractivity contribution is 5.92. The first-order valence-electron chi connectivity index (χ1n) is 7.37. The van der Waals surface area contributed by atoms with E-state index in [1.807, 2.05) is 6.92 Å². The first-order valence-corrected chi connectivity index (χ1v) is 7.37. The Morgan fingerprint density at radius 1 is 1.32 bits per heavy atom. The molecule has 2 N–H and O–H groups in total. The first-order chi connectivity index (χ1) is 11.3. The number of benzene rings is 1. The predicted octanol–water partition coefficient (Wildman–Crippen LogP) is 2.97. The summed E-state index contributed by atoms with van der Waals surface area (Å²) in [6, 6.07) is 6.22. The number of halogens is 4. The molecule has 1 amide bonds. The minimum atomic E-state index is -4.67. The van der Waals surface area contributed by atoms with Gasteiger partial charge in [-0.15, -0.1) is 12.4 Å². The van der Waals surface area contributed by atoms with Gasteiger partial charge in [-0.3, -0.25) is 4.79 Å². The van der Waals surface area contributed by atoms with Gasteiger partial charge in [0.1, 0.15) is 0 Å². The van der Waals surface area contributed by atoms with Gasteiger partial charge in [-0.2, -0.15) is 18.2 Å². The molecule has 25 heavy (non-hydrogen) atoms. The number of hydrogen-bond donors (Lipinski definition) is 2. The summed E-state index contributed by atoms with van der Waals surface area (Å²) in [5.41, 5.74) is 0.922. The van der Waals surface area contributed by atoms with Crippen molar-refractivity contribution in [3.05, 3.63) is 30.2 Å². The smallest absolute Gasteiger partial charge is 0.329 e. The van der Waals surface area contributed by atoms with Crippen LogP contribution in [0.2, 0.25) is 0 Å². The number of carbonyl (C=O) groups excluding carboxylic acids is 1. The molecule has 3 rings (SSSR count). The summed E-state index contributed by atoms with van der Waals surface area (Å²) >= 11 is 0. The number of nitrogens with one attached hydrogen (secondary N) is 2. The lowest BCUT2D eigenvalue weighted by Gasteiger charge is -2.31. The van der Waals surface area contributed by atoms with Crippen LogP contribution < -0.4 is 10.6 Å². The molecule has 0 radical (unpaired) electrons. The van der Waals surface area contributed by atoms with Gasteiger partial charge in [0, 0.05) is 17.2 Å². The van der Waals surface area contributed by atoms with Gasteiger partial charge in [-0.05, 0) is 43.3 Å². The van der Waals surface area contributed by atoms with E-state index in [-0.39, 0.29) is 30.1 Å². The van der Waals surface area contributed by atoms with Gasteiger partial charge in [-0.25, -0.2) is 0 Å². The van der Waals surface area contributed by atoms with E-state index < -0.39 is 12.1 Å². The molecule has 1 aromatic heterocycles. The summed E-state index contributed by atoms with van der Waals surface area (Å²) in [5.74, 6) is -1.43. The molecule has 1 aliphatic heterocycles. The molecule has 1 saturated heterocycles. The highest BCUT2D eigenvalue weighted by Gasteiger charge is 2.38. The lowest BCUT2D eigenvalue weighted by molar-refractivity contribution is -0.159. The molecule has 6 nitrogen and oxygen atoms in total. The summed E-state index contributed by atoms with van der Waals surface area (Å²) in [6.07, 6.45) is -4.67. The number of anilines is 1. The molecule has 136 valence electrons. The van der Waals surface area contributed by atoms with Crippen molar-refractivity contribution < 1.29 is 22.5 Å². The van der Waals surface area contributed by atoms with E-state index in [4.69, 9.17) is 0 Å². The van der Waals surface area contributed by atoms with E-state index >= 15 is 0 Å². The average molecular weight is 377 g/mol. The lowest BCUT2D eigenvalue weighted by atomic mass is 9.88. The lowest BCUT2D eigenvalue weighted by Crippen LogP contribution is -2.48. The Morgan fingerprint density at radius 2 is 1.96 bits per heavy atom. The highest BCUT2D eigenvalue weighted by atomic mass is 35.5. The largest absolute Gasteiger partial charge is 0.471 e. The number of carbonyl (C=O) groups is 1. The highest BCUT2D eigenvalue weighted by Crippen LogP contribution is 2.29. The Hall–Kier alpha value is -2.13. The summed E-state index contributed by atoms with van der Waals surface area (Å²) in [5, 5.41) is 9.22. The van der Waals surface area contributed by atoms with Gasteiger partial charge < -0.3 is 15.2 Å². The third-order valence-electron chi connectivity index (χ3n) is 4.01. The molecule has 1 aliphatic rings. The van der Waals surface area contributed by atoms with Crippen LogP contribution in [-0.4, -0.2) is 29.1 Å². The first kappa shape index (κ1) is 19.2. The molecule has 1 unspecified atom stereocenters. The standard InChI is InChI=1S/C15H15F3N4O2.ClH/c1-8(10-6-19-7-10)13(23)20-11-4-2-9(3-5-11)12-21-14(24-22-12)15(16,17)18;/h2-5,8,10,19H,6-7H2,1H3,(H,20,23);1H. The second-order valence-corrected chi connectivity index (χ2v) is 5.69. The zero-order chi connectivity index (χ0) is 17.3. The molecule has 2 aromatic rings. The molecule has 1 atom stereocenters. The summed E-state index contributed by atoms with van der Waals surface area (Å²) in [7, 11) is 0. The van der Waals surface area contributed by atoms with Crippen LogP contribution in [0.1, 0.15) is 12.8 Å². The number of hydrogen-bond acceptors (Lipinski definition) is 5. The number of alkyl halides is 3. The Kier molecular flexibility index (Phi) is 5.69. The van der Waals surface area contributed by atoms with E-state index in [0.29, 0.717) is 17.2 Å². The van der Waals surface area contributed by atoms with Crippen molar-refractivity contribution in [2.24, 2.45) is 11.8 Å². The van der Waals surface area contributed by atoms with Crippen LogP contribution >= 0.6 is 12.4 Å². The second kappa shape index (κ2) is 7.40. The average Bonchev–Trinajstić information content (AvgIpc) is 2.96. The normalized spacial score (nSPS) is 15.8. The molecule has 0 aliphatic carbocycles. The summed E-state index contributed by atoms with van der Waals surface area (Å²) in [4.78, 5) is 15.4. The number of nitrogens with zero attached hydrogens (tertiary/aromatic N) is 2. The minimum Gasteiger partial charge on any atom is -0.329 e. The molecule has 1 aromatic carbocycles. The van der Waals surface area contributed by atoms with E-state index in [1.165, 1.54) is 12.1 Å².